The molecule has 2 aromatic carbocycles. The number of nitrogens with two attached hydrogens (primary N) is 1. The molecule has 11 nitrogen and oxygen atoms in total. The Kier molecular flexibility index (Phi) is 7.77. The summed E-state index contributed by atoms with van der Waals surface area (Å²) >= 11 is 0. The Morgan fingerprint density at radius 3 is 2.61 bits per heavy atom. The number of carbonyl (C=O) groups excluding carboxylic acids is 2. The molecule has 7 rings (SSSR count). The number of alkyl halides is 1. The summed E-state index contributed by atoms with van der Waals surface area (Å²) in [5.74, 6) is -2.75. The van der Waals surface area contributed by atoms with Crippen LogP contribution in [0.4, 0.5) is 13.2 Å². The molecule has 5 aromatic rings. The van der Waals surface area contributed by atoms with Crippen LogP contribution in [0.25, 0.3) is 33.1 Å². The number of amides is 1. The molecule has 3 atom stereocenters. The zero-order chi connectivity index (χ0) is 32.1. The summed E-state index contributed by atoms with van der Waals surface area (Å²) in [6.45, 7) is -0.580. The van der Waals surface area contributed by atoms with E-state index in [2.05, 4.69) is 20.3 Å². The largest absolute Gasteiger partial charge is 0.373 e. The van der Waals surface area contributed by atoms with Crippen molar-refractivity contribution in [2.45, 2.75) is 69.6 Å². The number of carbonyl (C=O) groups is 2. The SMILES string of the molecule is NC(O)c1nn(CC(=O)C2CC(F)CN2C(=O)Cc2nc3ccc(F)c(F)c3n2C2CCCC2)c2ccc(-c3ccnnc3)cc12. The van der Waals surface area contributed by atoms with Crippen molar-refractivity contribution in [3.8, 4) is 11.1 Å². The first-order chi connectivity index (χ1) is 22.2. The van der Waals surface area contributed by atoms with Crippen LogP contribution in [0.1, 0.15) is 55.9 Å². The van der Waals surface area contributed by atoms with E-state index in [1.54, 1.807) is 35.2 Å². The summed E-state index contributed by atoms with van der Waals surface area (Å²) in [6.07, 6.45) is 3.09. The molecule has 1 amide bonds. The van der Waals surface area contributed by atoms with Crippen molar-refractivity contribution >= 4 is 33.6 Å². The predicted molar refractivity (Wildman–Crippen MR) is 161 cm³/mol. The molecule has 3 N–H and O–H groups in total. The van der Waals surface area contributed by atoms with E-state index in [0.29, 0.717) is 10.9 Å². The Morgan fingerprint density at radius 1 is 1.07 bits per heavy atom. The van der Waals surface area contributed by atoms with Crippen molar-refractivity contribution < 1.29 is 27.9 Å². The van der Waals surface area contributed by atoms with Gasteiger partial charge in [0, 0.05) is 23.4 Å². The fourth-order valence-corrected chi connectivity index (χ4v) is 6.89. The van der Waals surface area contributed by atoms with Crippen molar-refractivity contribution in [2.24, 2.45) is 5.73 Å². The summed E-state index contributed by atoms with van der Waals surface area (Å²) in [5, 5.41) is 22.9. The van der Waals surface area contributed by atoms with Crippen LogP contribution in [0.15, 0.2) is 48.8 Å². The smallest absolute Gasteiger partial charge is 0.230 e. The lowest BCUT2D eigenvalue weighted by Crippen LogP contribution is -2.43. The second-order valence-electron chi connectivity index (χ2n) is 12.0. The van der Waals surface area contributed by atoms with Gasteiger partial charge >= 0.3 is 0 Å². The number of hydrogen-bond donors (Lipinski definition) is 2. The molecule has 0 spiro atoms. The van der Waals surface area contributed by atoms with Crippen molar-refractivity contribution in [1.29, 1.82) is 0 Å². The number of rotatable bonds is 8. The van der Waals surface area contributed by atoms with Crippen molar-refractivity contribution in [3.63, 3.8) is 0 Å². The lowest BCUT2D eigenvalue weighted by atomic mass is 10.0. The second kappa shape index (κ2) is 11.9. The molecule has 1 saturated carbocycles. The van der Waals surface area contributed by atoms with Crippen LogP contribution in [0.2, 0.25) is 0 Å². The predicted octanol–water partition coefficient (Wildman–Crippen LogP) is 3.94. The summed E-state index contributed by atoms with van der Waals surface area (Å²) in [5.41, 5.74) is 8.28. The summed E-state index contributed by atoms with van der Waals surface area (Å²) in [4.78, 5) is 33.1. The number of aliphatic hydroxyl groups excluding tert-OH is 1. The lowest BCUT2D eigenvalue weighted by molar-refractivity contribution is -0.137. The van der Waals surface area contributed by atoms with Crippen LogP contribution >= 0.6 is 0 Å². The van der Waals surface area contributed by atoms with Crippen LogP contribution in [-0.4, -0.2) is 70.0 Å². The molecule has 3 unspecified atom stereocenters. The monoisotopic (exact) mass is 632 g/mol. The summed E-state index contributed by atoms with van der Waals surface area (Å²) < 4.78 is 47.1. The van der Waals surface area contributed by atoms with Crippen LogP contribution in [-0.2, 0) is 22.6 Å². The van der Waals surface area contributed by atoms with Crippen LogP contribution in [0.3, 0.4) is 0 Å². The Hall–Kier alpha value is -4.69. The third kappa shape index (κ3) is 5.30. The molecule has 1 aliphatic heterocycles. The van der Waals surface area contributed by atoms with E-state index in [0.717, 1.165) is 42.9 Å². The number of aliphatic hydroxyl groups is 1. The second-order valence-corrected chi connectivity index (χ2v) is 12.0. The molecular weight excluding hydrogens is 601 g/mol. The topological polar surface area (TPSA) is 145 Å². The van der Waals surface area contributed by atoms with E-state index in [1.807, 2.05) is 6.07 Å². The molecule has 238 valence electrons. The van der Waals surface area contributed by atoms with Crippen LogP contribution in [0.5, 0.6) is 0 Å². The Bertz CT molecular complexity index is 1950. The van der Waals surface area contributed by atoms with Gasteiger partial charge in [0.05, 0.1) is 42.4 Å². The molecule has 46 heavy (non-hydrogen) atoms. The molecule has 2 aliphatic rings. The van der Waals surface area contributed by atoms with E-state index in [-0.39, 0.29) is 54.5 Å². The number of Topliss-reactive ketones (excluding diaryl/α,β-unsaturated/α-hetero) is 1. The number of fused-ring (bicyclic) bond motifs is 2. The molecule has 0 radical (unpaired) electrons. The Labute approximate surface area is 260 Å². The van der Waals surface area contributed by atoms with Gasteiger partial charge in [0.25, 0.3) is 0 Å². The van der Waals surface area contributed by atoms with Gasteiger partial charge in [0.2, 0.25) is 5.91 Å². The number of ketones is 1. The fourth-order valence-electron chi connectivity index (χ4n) is 6.89. The van der Waals surface area contributed by atoms with Crippen molar-refractivity contribution in [1.82, 2.24) is 34.4 Å². The average molecular weight is 633 g/mol. The number of benzene rings is 2. The first-order valence-electron chi connectivity index (χ1n) is 15.2. The lowest BCUT2D eigenvalue weighted by Gasteiger charge is -2.24. The van der Waals surface area contributed by atoms with Gasteiger partial charge in [-0.1, -0.05) is 18.9 Å². The van der Waals surface area contributed by atoms with Crippen molar-refractivity contribution in [2.75, 3.05) is 6.54 Å². The van der Waals surface area contributed by atoms with Gasteiger partial charge < -0.3 is 20.3 Å². The molecular formula is C32H31F3N8O3. The van der Waals surface area contributed by atoms with Crippen molar-refractivity contribution in [3.05, 3.63) is 71.9 Å². The highest BCUT2D eigenvalue weighted by Crippen LogP contribution is 2.36. The number of nitrogens with zero attached hydrogens (tertiary/aromatic N) is 7. The summed E-state index contributed by atoms with van der Waals surface area (Å²) in [7, 11) is 0. The standard InChI is InChI=1S/C32H31F3N8O3/c33-19-12-25(26(44)16-42-24-8-5-17(18-9-10-37-38-14-18)11-21(24)30(40-42)32(36)46)41(15-19)28(45)13-27-39-23-7-6-22(34)29(35)31(23)43(27)20-3-1-2-4-20/h5-11,14,19-20,25,32,46H,1-4,12-13,15-16,36H2. The Balaban J connectivity index is 1.16. The van der Waals surface area contributed by atoms with E-state index >= 15 is 0 Å². The highest BCUT2D eigenvalue weighted by molar-refractivity contribution is 5.93. The number of imidazole rings is 1. The minimum atomic E-state index is -1.43. The maximum absolute atomic E-state index is 15.0. The van der Waals surface area contributed by atoms with Gasteiger partial charge in [-0.2, -0.15) is 15.3 Å². The van der Waals surface area contributed by atoms with E-state index in [4.69, 9.17) is 5.73 Å². The fraction of sp³-hybridized carbons (Fsp3) is 0.375. The van der Waals surface area contributed by atoms with Gasteiger partial charge in [-0.25, -0.2) is 18.2 Å². The first kappa shape index (κ1) is 30.0. The van der Waals surface area contributed by atoms with Gasteiger partial charge in [-0.3, -0.25) is 14.3 Å². The molecule has 4 heterocycles. The minimum absolute atomic E-state index is 0.0129. The van der Waals surface area contributed by atoms with Gasteiger partial charge in [0.15, 0.2) is 17.4 Å². The van der Waals surface area contributed by atoms with Crippen LogP contribution in [0, 0.1) is 11.6 Å². The molecule has 14 heteroatoms. The quantitative estimate of drug-likeness (QED) is 0.245. The number of halogens is 3. The van der Waals surface area contributed by atoms with Gasteiger partial charge in [-0.05, 0) is 48.7 Å². The molecule has 3 aromatic heterocycles. The third-order valence-electron chi connectivity index (χ3n) is 9.04. The average Bonchev–Trinajstić information content (AvgIpc) is 3.85. The first-order valence-corrected chi connectivity index (χ1v) is 15.2. The van der Waals surface area contributed by atoms with Gasteiger partial charge in [0.1, 0.15) is 36.0 Å². The maximum Gasteiger partial charge on any atom is 0.230 e. The summed E-state index contributed by atoms with van der Waals surface area (Å²) in [6, 6.07) is 8.26. The van der Waals surface area contributed by atoms with E-state index < -0.39 is 41.8 Å². The highest BCUT2D eigenvalue weighted by atomic mass is 19.2. The zero-order valence-corrected chi connectivity index (χ0v) is 24.7. The molecule has 1 aliphatic carbocycles. The number of hydrogen-bond acceptors (Lipinski definition) is 8. The highest BCUT2D eigenvalue weighted by Gasteiger charge is 2.40. The Morgan fingerprint density at radius 2 is 1.87 bits per heavy atom. The van der Waals surface area contributed by atoms with Crippen LogP contribution < -0.4 is 5.73 Å². The molecule has 1 saturated heterocycles. The zero-order valence-electron chi connectivity index (χ0n) is 24.7. The number of aromatic nitrogens is 6. The maximum atomic E-state index is 15.0. The normalized spacial score (nSPS) is 19.5. The molecule has 0 bridgehead atoms. The number of likely N-dealkylation sites (tertiary alicyclic amines) is 1. The van der Waals surface area contributed by atoms with Gasteiger partial charge in [-0.15, -0.1) is 0 Å². The minimum Gasteiger partial charge on any atom is -0.373 e. The van der Waals surface area contributed by atoms with E-state index in [1.165, 1.54) is 15.6 Å². The molecule has 2 fully saturated rings. The third-order valence-corrected chi connectivity index (χ3v) is 9.04. The van der Waals surface area contributed by atoms with E-state index in [9.17, 15) is 27.9 Å².